The van der Waals surface area contributed by atoms with Crippen molar-refractivity contribution >= 4 is 27.0 Å². The van der Waals surface area contributed by atoms with Gasteiger partial charge in [-0.15, -0.1) is 0 Å². The molecule has 2 aromatic carbocycles. The van der Waals surface area contributed by atoms with Gasteiger partial charge in [0.25, 0.3) is 0 Å². The Kier molecular flexibility index (Phi) is 3.31. The fourth-order valence-electron chi connectivity index (χ4n) is 2.31. The smallest absolute Gasteiger partial charge is 0.141 e. The average Bonchev–Trinajstić information content (AvgIpc) is 2.74. The number of rotatable bonds is 2. The molecule has 0 saturated carbocycles. The van der Waals surface area contributed by atoms with E-state index in [-0.39, 0.29) is 5.82 Å². The van der Waals surface area contributed by atoms with Gasteiger partial charge in [-0.3, -0.25) is 0 Å². The molecule has 3 nitrogen and oxygen atoms in total. The van der Waals surface area contributed by atoms with Crippen LogP contribution in [-0.2, 0) is 13.6 Å². The summed E-state index contributed by atoms with van der Waals surface area (Å²) in [6.07, 6.45) is 0. The average molecular weight is 334 g/mol. The van der Waals surface area contributed by atoms with Gasteiger partial charge in [0, 0.05) is 23.6 Å². The van der Waals surface area contributed by atoms with Gasteiger partial charge < -0.3 is 10.3 Å². The van der Waals surface area contributed by atoms with Gasteiger partial charge in [-0.25, -0.2) is 9.37 Å². The molecule has 0 amide bonds. The van der Waals surface area contributed by atoms with Gasteiger partial charge in [0.1, 0.15) is 11.6 Å². The number of benzene rings is 2. The van der Waals surface area contributed by atoms with Gasteiger partial charge in [0.2, 0.25) is 0 Å². The van der Waals surface area contributed by atoms with E-state index < -0.39 is 0 Å². The number of halogens is 2. The van der Waals surface area contributed by atoms with Crippen molar-refractivity contribution in [2.24, 2.45) is 12.8 Å². The summed E-state index contributed by atoms with van der Waals surface area (Å²) in [4.78, 5) is 4.59. The van der Waals surface area contributed by atoms with E-state index >= 15 is 0 Å². The highest BCUT2D eigenvalue weighted by Gasteiger charge is 2.11. The molecule has 0 aliphatic rings. The van der Waals surface area contributed by atoms with Crippen LogP contribution in [0.1, 0.15) is 5.56 Å². The second-order valence-corrected chi connectivity index (χ2v) is 5.60. The fraction of sp³-hybridized carbons (Fsp3) is 0.133. The van der Waals surface area contributed by atoms with Crippen LogP contribution >= 0.6 is 15.9 Å². The van der Waals surface area contributed by atoms with Crippen molar-refractivity contribution in [3.8, 4) is 11.4 Å². The number of aryl methyl sites for hydroxylation is 1. The van der Waals surface area contributed by atoms with Crippen molar-refractivity contribution in [1.82, 2.24) is 9.55 Å². The molecular weight excluding hydrogens is 321 g/mol. The van der Waals surface area contributed by atoms with Crippen LogP contribution in [0.2, 0.25) is 0 Å². The third-order valence-electron chi connectivity index (χ3n) is 3.30. The van der Waals surface area contributed by atoms with E-state index in [9.17, 15) is 4.39 Å². The first-order valence-corrected chi connectivity index (χ1v) is 6.99. The maximum Gasteiger partial charge on any atom is 0.141 e. The third-order valence-corrected chi connectivity index (χ3v) is 3.76. The maximum atomic E-state index is 13.5. The summed E-state index contributed by atoms with van der Waals surface area (Å²) in [7, 11) is 1.92. The second-order valence-electron chi connectivity index (χ2n) is 4.68. The Morgan fingerprint density at radius 2 is 2.05 bits per heavy atom. The fourth-order valence-corrected chi connectivity index (χ4v) is 2.78. The van der Waals surface area contributed by atoms with Gasteiger partial charge in [-0.1, -0.05) is 22.0 Å². The summed E-state index contributed by atoms with van der Waals surface area (Å²) < 4.78 is 16.2. The first-order chi connectivity index (χ1) is 9.58. The summed E-state index contributed by atoms with van der Waals surface area (Å²) in [6.45, 7) is 0.480. The van der Waals surface area contributed by atoms with Crippen molar-refractivity contribution in [1.29, 1.82) is 0 Å². The Bertz CT molecular complexity index is 775. The normalized spacial score (nSPS) is 11.2. The molecule has 0 atom stereocenters. The molecule has 102 valence electrons. The monoisotopic (exact) mass is 333 g/mol. The molecule has 0 spiro atoms. The molecule has 1 heterocycles. The zero-order valence-electron chi connectivity index (χ0n) is 10.9. The Morgan fingerprint density at radius 1 is 1.25 bits per heavy atom. The molecule has 1 aromatic heterocycles. The molecule has 0 radical (unpaired) electrons. The van der Waals surface area contributed by atoms with Crippen LogP contribution in [0.15, 0.2) is 40.9 Å². The molecular formula is C15H13BrFN3. The first kappa shape index (κ1) is 13.3. The Balaban J connectivity index is 2.23. The highest BCUT2D eigenvalue weighted by atomic mass is 79.9. The summed E-state index contributed by atoms with van der Waals surface area (Å²) in [5.74, 6) is 0.443. The lowest BCUT2D eigenvalue weighted by Crippen LogP contribution is -1.96. The van der Waals surface area contributed by atoms with E-state index in [1.165, 1.54) is 12.1 Å². The lowest BCUT2D eigenvalue weighted by Gasteiger charge is -2.03. The van der Waals surface area contributed by atoms with E-state index in [1.807, 2.05) is 35.9 Å². The number of fused-ring (bicyclic) bond motifs is 1. The standard InChI is InChI=1S/C15H13BrFN3/c1-20-14-3-2-9(8-18)4-13(14)19-15(20)10-5-11(16)7-12(17)6-10/h2-7H,8,18H2,1H3. The van der Waals surface area contributed by atoms with Crippen molar-refractivity contribution < 1.29 is 4.39 Å². The van der Waals surface area contributed by atoms with Crippen molar-refractivity contribution in [3.63, 3.8) is 0 Å². The number of nitrogens with zero attached hydrogens (tertiary/aromatic N) is 2. The van der Waals surface area contributed by atoms with Gasteiger partial charge in [0.15, 0.2) is 0 Å². The second kappa shape index (κ2) is 5.00. The predicted molar refractivity (Wildman–Crippen MR) is 81.7 cm³/mol. The molecule has 0 saturated heterocycles. The summed E-state index contributed by atoms with van der Waals surface area (Å²) in [6, 6.07) is 10.7. The quantitative estimate of drug-likeness (QED) is 0.778. The largest absolute Gasteiger partial charge is 0.327 e. The maximum absolute atomic E-state index is 13.5. The highest BCUT2D eigenvalue weighted by Crippen LogP contribution is 2.27. The van der Waals surface area contributed by atoms with Crippen LogP contribution in [0.3, 0.4) is 0 Å². The molecule has 2 N–H and O–H groups in total. The van der Waals surface area contributed by atoms with Crippen LogP contribution in [-0.4, -0.2) is 9.55 Å². The van der Waals surface area contributed by atoms with Crippen LogP contribution in [0.25, 0.3) is 22.4 Å². The molecule has 0 bridgehead atoms. The molecule has 0 aliphatic carbocycles. The zero-order valence-corrected chi connectivity index (χ0v) is 12.5. The minimum atomic E-state index is -0.288. The Labute approximate surface area is 124 Å². The zero-order chi connectivity index (χ0) is 14.3. The van der Waals surface area contributed by atoms with E-state index in [2.05, 4.69) is 20.9 Å². The highest BCUT2D eigenvalue weighted by molar-refractivity contribution is 9.10. The number of imidazole rings is 1. The molecule has 3 aromatic rings. The van der Waals surface area contributed by atoms with Gasteiger partial charge in [-0.05, 0) is 35.9 Å². The van der Waals surface area contributed by atoms with Gasteiger partial charge in [0.05, 0.1) is 11.0 Å². The topological polar surface area (TPSA) is 43.8 Å². The van der Waals surface area contributed by atoms with Crippen molar-refractivity contribution in [2.75, 3.05) is 0 Å². The van der Waals surface area contributed by atoms with Crippen LogP contribution < -0.4 is 5.73 Å². The van der Waals surface area contributed by atoms with Crippen LogP contribution in [0.5, 0.6) is 0 Å². The first-order valence-electron chi connectivity index (χ1n) is 6.20. The summed E-state index contributed by atoms with van der Waals surface area (Å²) >= 11 is 3.31. The Morgan fingerprint density at radius 3 is 2.75 bits per heavy atom. The number of hydrogen-bond donors (Lipinski definition) is 1. The predicted octanol–water partition coefficient (Wildman–Crippen LogP) is 3.60. The van der Waals surface area contributed by atoms with E-state index in [0.717, 1.165) is 28.0 Å². The molecule has 20 heavy (non-hydrogen) atoms. The molecule has 3 rings (SSSR count). The number of nitrogens with two attached hydrogens (primary N) is 1. The van der Waals surface area contributed by atoms with Gasteiger partial charge in [-0.2, -0.15) is 0 Å². The van der Waals surface area contributed by atoms with Crippen LogP contribution in [0, 0.1) is 5.82 Å². The molecule has 0 aliphatic heterocycles. The van der Waals surface area contributed by atoms with Crippen molar-refractivity contribution in [3.05, 3.63) is 52.3 Å². The minimum absolute atomic E-state index is 0.288. The third kappa shape index (κ3) is 2.23. The van der Waals surface area contributed by atoms with Gasteiger partial charge >= 0.3 is 0 Å². The summed E-state index contributed by atoms with van der Waals surface area (Å²) in [5.41, 5.74) is 9.28. The van der Waals surface area contributed by atoms with Crippen LogP contribution in [0.4, 0.5) is 4.39 Å². The lowest BCUT2D eigenvalue weighted by molar-refractivity contribution is 0.627. The van der Waals surface area contributed by atoms with E-state index in [4.69, 9.17) is 5.73 Å². The SMILES string of the molecule is Cn1c(-c2cc(F)cc(Br)c2)nc2cc(CN)ccc21. The minimum Gasteiger partial charge on any atom is -0.327 e. The Hall–Kier alpha value is -1.72. The molecule has 5 heteroatoms. The number of aromatic nitrogens is 2. The number of hydrogen-bond acceptors (Lipinski definition) is 2. The van der Waals surface area contributed by atoms with E-state index in [0.29, 0.717) is 11.0 Å². The van der Waals surface area contributed by atoms with E-state index in [1.54, 1.807) is 0 Å². The summed E-state index contributed by atoms with van der Waals surface area (Å²) in [5, 5.41) is 0. The van der Waals surface area contributed by atoms with Crippen molar-refractivity contribution in [2.45, 2.75) is 6.54 Å². The lowest BCUT2D eigenvalue weighted by atomic mass is 10.2. The molecule has 0 unspecified atom stereocenters. The molecule has 0 fully saturated rings.